The third-order valence-electron chi connectivity index (χ3n) is 9.62. The Bertz CT molecular complexity index is 2270. The van der Waals surface area contributed by atoms with Gasteiger partial charge in [-0.25, -0.2) is 9.78 Å². The van der Waals surface area contributed by atoms with Crippen molar-refractivity contribution in [2.45, 2.75) is 30.8 Å². The van der Waals surface area contributed by atoms with Gasteiger partial charge in [0.15, 0.2) is 11.3 Å². The van der Waals surface area contributed by atoms with E-state index in [2.05, 4.69) is 35.9 Å². The summed E-state index contributed by atoms with van der Waals surface area (Å²) in [5.74, 6) is 0.486. The van der Waals surface area contributed by atoms with Gasteiger partial charge in [0.25, 0.3) is 5.91 Å². The molecule has 17 nitrogen and oxygen atoms in total. The molecule has 5 aromatic rings. The van der Waals surface area contributed by atoms with Gasteiger partial charge in [0.05, 0.1) is 31.3 Å². The number of phenols is 2. The van der Waals surface area contributed by atoms with E-state index in [4.69, 9.17) is 25.8 Å². The maximum Gasteiger partial charge on any atom is 0.340 e. The number of fused-ring (bicyclic) bond motifs is 7. The lowest BCUT2D eigenvalue weighted by Crippen LogP contribution is -2.43. The second-order valence-corrected chi connectivity index (χ2v) is 13.2. The van der Waals surface area contributed by atoms with Gasteiger partial charge in [-0.05, 0) is 60.8 Å². The van der Waals surface area contributed by atoms with Gasteiger partial charge in [0.1, 0.15) is 35.0 Å². The van der Waals surface area contributed by atoms with Gasteiger partial charge < -0.3 is 50.4 Å². The van der Waals surface area contributed by atoms with Crippen molar-refractivity contribution in [3.63, 3.8) is 0 Å². The minimum Gasteiger partial charge on any atom is -0.508 e. The van der Waals surface area contributed by atoms with Crippen LogP contribution in [0.2, 0.25) is 5.28 Å². The van der Waals surface area contributed by atoms with Gasteiger partial charge in [0.2, 0.25) is 17.2 Å². The van der Waals surface area contributed by atoms with Crippen LogP contribution in [0.3, 0.4) is 0 Å². The van der Waals surface area contributed by atoms with Crippen molar-refractivity contribution in [1.82, 2.24) is 29.4 Å². The molecule has 2 aromatic heterocycles. The smallest absolute Gasteiger partial charge is 0.340 e. The molecule has 0 unspecified atom stereocenters. The highest BCUT2D eigenvalue weighted by Crippen LogP contribution is 2.57. The van der Waals surface area contributed by atoms with Crippen molar-refractivity contribution in [1.29, 1.82) is 0 Å². The van der Waals surface area contributed by atoms with E-state index in [9.17, 15) is 24.9 Å². The van der Waals surface area contributed by atoms with E-state index in [1.165, 1.54) is 24.3 Å². The van der Waals surface area contributed by atoms with Crippen LogP contribution in [0, 0.1) is 0 Å². The van der Waals surface area contributed by atoms with Crippen LogP contribution < -0.4 is 20.7 Å². The summed E-state index contributed by atoms with van der Waals surface area (Å²) in [7, 11) is 0. The average Bonchev–Trinajstić information content (AvgIpc) is 3.86. The Morgan fingerprint density at radius 1 is 0.943 bits per heavy atom. The first-order chi connectivity index (χ1) is 25.7. The number of amides is 1. The lowest BCUT2D eigenvalue weighted by Gasteiger charge is -2.36. The number of rotatable bonds is 8. The topological polar surface area (TPSA) is 218 Å². The third kappa shape index (κ3) is 5.47. The zero-order chi connectivity index (χ0) is 36.4. The van der Waals surface area contributed by atoms with E-state index in [1.54, 1.807) is 46.1 Å². The summed E-state index contributed by atoms with van der Waals surface area (Å²) in [6, 6.07) is 14.2. The number of imidazole rings is 1. The molecule has 0 radical (unpaired) electrons. The Labute approximate surface area is 305 Å². The number of aromatic nitrogens is 5. The first kappa shape index (κ1) is 32.7. The Kier molecular flexibility index (Phi) is 7.72. The number of aromatic hydroxyl groups is 2. The number of hydrogen-bond donors (Lipinski definition) is 6. The van der Waals surface area contributed by atoms with Crippen LogP contribution >= 0.6 is 11.6 Å². The van der Waals surface area contributed by atoms with Gasteiger partial charge in [-0.15, -0.1) is 0 Å². The monoisotopic (exact) mass is 739 g/mol. The lowest BCUT2D eigenvalue weighted by atomic mass is 9.77. The number of aliphatic hydroxyl groups excluding tert-OH is 1. The summed E-state index contributed by atoms with van der Waals surface area (Å²) in [4.78, 5) is 45.4. The molecule has 1 fully saturated rings. The predicted octanol–water partition coefficient (Wildman–Crippen LogP) is 4.05. The molecule has 2 atom stereocenters. The molecule has 18 heteroatoms. The molecular weight excluding hydrogens is 710 g/mol. The number of anilines is 4. The maximum atomic E-state index is 13.5. The van der Waals surface area contributed by atoms with Crippen molar-refractivity contribution in [3.05, 3.63) is 94.2 Å². The van der Waals surface area contributed by atoms with E-state index < -0.39 is 11.6 Å². The number of aliphatic hydroxyl groups is 1. The molecule has 0 aliphatic carbocycles. The second-order valence-electron chi connectivity index (χ2n) is 12.8. The molecule has 3 aromatic carbocycles. The van der Waals surface area contributed by atoms with Crippen LogP contribution in [0.15, 0.2) is 60.9 Å². The van der Waals surface area contributed by atoms with E-state index in [0.29, 0.717) is 41.2 Å². The Balaban J connectivity index is 0.907. The first-order valence-electron chi connectivity index (χ1n) is 16.7. The number of phenolic OH excluding ortho intramolecular Hbond substituents is 2. The molecular formula is C35H30ClN9O8. The molecule has 9 rings (SSSR count). The predicted molar refractivity (Wildman–Crippen MR) is 187 cm³/mol. The standard InChI is InChI=1S/C35H30ClN9O8/c36-32-41-33(37-9-10-44-15-39-29-28(30(44)49)38-16-45(29)27-8-4-20(14-46)51-27)43-34(42-32)40-17-1-5-22-21(11-17)31(50)53-35(22)23-6-2-18(47)12-25(23)52-26-13-19(48)3-7-24(26)35/h1-3,5-7,11-13,16,20,27,39,46-48H,4,8-10,14-15H2,(H2,37,40,41,42,43)/t20-,27+/m0/s1. The number of hydrogen-bond acceptors (Lipinski definition) is 15. The quantitative estimate of drug-likeness (QED) is 0.124. The van der Waals surface area contributed by atoms with Gasteiger partial charge in [-0.3, -0.25) is 9.36 Å². The third-order valence-corrected chi connectivity index (χ3v) is 9.79. The normalized spacial score (nSPS) is 19.1. The van der Waals surface area contributed by atoms with Gasteiger partial charge in [-0.1, -0.05) is 6.07 Å². The Hall–Kier alpha value is -6.17. The first-order valence-corrected chi connectivity index (χ1v) is 17.1. The van der Waals surface area contributed by atoms with Gasteiger partial charge >= 0.3 is 5.97 Å². The second kappa shape index (κ2) is 12.5. The molecule has 6 N–H and O–H groups in total. The van der Waals surface area contributed by atoms with Crippen LogP contribution in [0.4, 0.5) is 23.4 Å². The fourth-order valence-electron chi connectivity index (χ4n) is 7.21. The summed E-state index contributed by atoms with van der Waals surface area (Å²) >= 11 is 6.26. The summed E-state index contributed by atoms with van der Waals surface area (Å²) in [6.45, 7) is 0.765. The van der Waals surface area contributed by atoms with Crippen LogP contribution in [0.1, 0.15) is 56.6 Å². The Morgan fingerprint density at radius 2 is 1.68 bits per heavy atom. The zero-order valence-electron chi connectivity index (χ0n) is 27.6. The molecule has 1 saturated heterocycles. The van der Waals surface area contributed by atoms with E-state index in [1.807, 2.05) is 0 Å². The number of ether oxygens (including phenoxy) is 3. The highest BCUT2D eigenvalue weighted by atomic mass is 35.5. The number of halogens is 1. The van der Waals surface area contributed by atoms with E-state index in [0.717, 1.165) is 6.42 Å². The number of benzene rings is 3. The summed E-state index contributed by atoms with van der Waals surface area (Å²) in [6.07, 6.45) is 2.48. The molecule has 1 spiro atoms. The van der Waals surface area contributed by atoms with E-state index >= 15 is 0 Å². The SMILES string of the molecule is O=C1OC2(c3ccc(O)cc3Oc3cc(O)ccc32)c2ccc(Nc3nc(Cl)nc(NCCN4CNc5c(ncn5[C@H]5CC[C@@H](CO)O5)C4=O)n3)cc21. The van der Waals surface area contributed by atoms with Crippen molar-refractivity contribution in [3.8, 4) is 23.0 Å². The van der Waals surface area contributed by atoms with Crippen molar-refractivity contribution < 1.29 is 39.1 Å². The van der Waals surface area contributed by atoms with Crippen molar-refractivity contribution in [2.24, 2.45) is 0 Å². The number of nitrogens with zero attached hydrogens (tertiary/aromatic N) is 6. The number of carbonyl (C=O) groups excluding carboxylic acids is 2. The summed E-state index contributed by atoms with van der Waals surface area (Å²) < 4.78 is 19.8. The molecule has 4 aliphatic heterocycles. The molecule has 53 heavy (non-hydrogen) atoms. The lowest BCUT2D eigenvalue weighted by molar-refractivity contribution is -0.0215. The molecule has 0 bridgehead atoms. The minimum atomic E-state index is -1.40. The van der Waals surface area contributed by atoms with Gasteiger partial charge in [-0.2, -0.15) is 15.0 Å². The molecule has 6 heterocycles. The fraction of sp³-hybridized carbons (Fsp3) is 0.257. The van der Waals surface area contributed by atoms with Crippen LogP contribution in [0.5, 0.6) is 23.0 Å². The highest BCUT2D eigenvalue weighted by molar-refractivity contribution is 6.28. The molecule has 1 amide bonds. The largest absolute Gasteiger partial charge is 0.508 e. The number of carbonyl (C=O) groups is 2. The summed E-state index contributed by atoms with van der Waals surface area (Å²) in [5.41, 5.74) is 1.17. The van der Waals surface area contributed by atoms with Crippen LogP contribution in [0.25, 0.3) is 0 Å². The maximum absolute atomic E-state index is 13.5. The summed E-state index contributed by atoms with van der Waals surface area (Å²) in [5, 5.41) is 39.1. The highest BCUT2D eigenvalue weighted by Gasteiger charge is 2.53. The fourth-order valence-corrected chi connectivity index (χ4v) is 7.37. The molecule has 4 aliphatic rings. The number of esters is 1. The van der Waals surface area contributed by atoms with Crippen LogP contribution in [-0.2, 0) is 15.1 Å². The molecule has 270 valence electrons. The zero-order valence-corrected chi connectivity index (χ0v) is 28.4. The number of nitrogens with one attached hydrogen (secondary N) is 3. The van der Waals surface area contributed by atoms with Crippen molar-refractivity contribution in [2.75, 3.05) is 42.3 Å². The minimum absolute atomic E-state index is 0.0380. The Morgan fingerprint density at radius 3 is 2.42 bits per heavy atom. The van der Waals surface area contributed by atoms with E-state index in [-0.39, 0.29) is 89.5 Å². The molecule has 0 saturated carbocycles. The van der Waals surface area contributed by atoms with Crippen molar-refractivity contribution >= 4 is 46.9 Å². The average molecular weight is 740 g/mol. The van der Waals surface area contributed by atoms with Gasteiger partial charge in [0, 0.05) is 47.6 Å². The van der Waals surface area contributed by atoms with Crippen LogP contribution in [-0.4, -0.2) is 89.1 Å².